The van der Waals surface area contributed by atoms with Gasteiger partial charge < -0.3 is 24.4 Å². The molecule has 10 nitrogen and oxygen atoms in total. The minimum Gasteiger partial charge on any atom is -0.497 e. The molecule has 0 aromatic heterocycles. The van der Waals surface area contributed by atoms with Crippen molar-refractivity contribution in [3.8, 4) is 11.5 Å². The number of fused-ring (bicyclic) bond motifs is 1. The minimum absolute atomic E-state index is 0.00748. The Hall–Kier alpha value is -3.11. The van der Waals surface area contributed by atoms with Gasteiger partial charge in [-0.05, 0) is 36.2 Å². The molecule has 0 amide bonds. The van der Waals surface area contributed by atoms with Crippen LogP contribution in [-0.2, 0) is 13.9 Å². The van der Waals surface area contributed by atoms with Crippen LogP contribution in [0.15, 0.2) is 41.4 Å². The maximum Gasteiger partial charge on any atom is 0.470 e. The number of phosphoric ester groups is 1. The van der Waals surface area contributed by atoms with E-state index in [1.54, 1.807) is 37.6 Å². The molecule has 0 bridgehead atoms. The third-order valence-electron chi connectivity index (χ3n) is 4.26. The van der Waals surface area contributed by atoms with Crippen molar-refractivity contribution in [1.29, 1.82) is 0 Å². The van der Waals surface area contributed by atoms with Crippen LogP contribution in [-0.4, -0.2) is 53.2 Å². The van der Waals surface area contributed by atoms with E-state index in [1.807, 2.05) is 6.92 Å². The summed E-state index contributed by atoms with van der Waals surface area (Å²) in [6.07, 6.45) is 2.36. The average molecular weight is 483 g/mol. The molecule has 1 aliphatic rings. The van der Waals surface area contributed by atoms with Crippen LogP contribution in [0.25, 0.3) is 0 Å². The van der Waals surface area contributed by atoms with E-state index in [9.17, 15) is 18.5 Å². The van der Waals surface area contributed by atoms with Gasteiger partial charge in [-0.1, -0.05) is 19.1 Å². The van der Waals surface area contributed by atoms with Gasteiger partial charge in [0.05, 0.1) is 25.2 Å². The maximum absolute atomic E-state index is 14.3. The molecule has 1 aliphatic heterocycles. The number of carboxylic acid groups (broad SMARTS) is 1. The number of carbonyl (C=O) groups excluding carboxylic acids is 1. The summed E-state index contributed by atoms with van der Waals surface area (Å²) in [6, 6.07) is 9.88. The van der Waals surface area contributed by atoms with Gasteiger partial charge in [-0.15, -0.1) is 0 Å². The number of hydrogen-bond acceptors (Lipinski definition) is 7. The number of halogens is 1. The second kappa shape index (κ2) is 11.7. The quantitative estimate of drug-likeness (QED) is 0.479. The fourth-order valence-corrected chi connectivity index (χ4v) is 3.08. The monoisotopic (exact) mass is 483 g/mol. The van der Waals surface area contributed by atoms with Gasteiger partial charge in [-0.25, -0.2) is 13.8 Å². The number of hydrogen-bond donors (Lipinski definition) is 3. The summed E-state index contributed by atoms with van der Waals surface area (Å²) in [6.45, 7) is 1.48. The first-order valence-electron chi connectivity index (χ1n) is 9.67. The summed E-state index contributed by atoms with van der Waals surface area (Å²) >= 11 is 0. The number of ether oxygens (including phenoxy) is 2. The molecular weight excluding hydrogens is 460 g/mol. The minimum atomic E-state index is -4.60. The van der Waals surface area contributed by atoms with Gasteiger partial charge >= 0.3 is 13.8 Å². The highest BCUT2D eigenvalue weighted by Gasteiger charge is 2.31. The van der Waals surface area contributed by atoms with Crippen LogP contribution in [0.2, 0.25) is 0 Å². The van der Waals surface area contributed by atoms with Crippen LogP contribution in [0.1, 0.15) is 35.2 Å². The first kappa shape index (κ1) is 26.1. The molecule has 2 aromatic rings. The Morgan fingerprint density at radius 2 is 1.85 bits per heavy atom. The summed E-state index contributed by atoms with van der Waals surface area (Å²) in [5.41, 5.74) is 1.01. The van der Waals surface area contributed by atoms with E-state index < -0.39 is 32.1 Å². The Kier molecular flexibility index (Phi) is 9.24. The Labute approximate surface area is 188 Å². The van der Waals surface area contributed by atoms with E-state index in [4.69, 9.17) is 24.4 Å². The normalized spacial score (nSPS) is 14.7. The number of nitrogens with zero attached hydrogens (tertiary/aromatic N) is 1. The molecule has 0 fully saturated rings. The summed E-state index contributed by atoms with van der Waals surface area (Å²) in [5.74, 6) is -1.79. The average Bonchev–Trinajstić information content (AvgIpc) is 2.77. The number of aliphatic imine (C=N–C) groups is 1. The Bertz CT molecular complexity index is 1070. The highest BCUT2D eigenvalue weighted by Crippen LogP contribution is 2.39. The molecular formula is C21H23FNO9P. The molecule has 1 unspecified atom stereocenters. The van der Waals surface area contributed by atoms with Crippen LogP contribution in [0.3, 0.4) is 0 Å². The molecule has 3 N–H and O–H groups in total. The molecule has 0 spiro atoms. The van der Waals surface area contributed by atoms with Crippen LogP contribution in [0.4, 0.5) is 10.1 Å². The molecule has 1 atom stereocenters. The fraction of sp³-hybridized carbons (Fsp3) is 0.286. The number of benzene rings is 2. The lowest BCUT2D eigenvalue weighted by Gasteiger charge is -2.20. The number of ketones is 1. The zero-order valence-corrected chi connectivity index (χ0v) is 18.7. The SMILES string of the molecule is CCCOc1ccc(F)c2c1N=CC(c1ccc(OC)cc1)C2=O.O=C(O)COP(=O)(O)O. The number of carboxylic acids is 1. The summed E-state index contributed by atoms with van der Waals surface area (Å²) < 4.78 is 38.3. The predicted molar refractivity (Wildman–Crippen MR) is 116 cm³/mol. The van der Waals surface area contributed by atoms with Crippen molar-refractivity contribution < 1.29 is 47.4 Å². The number of Topliss-reactive ketones (excluding diaryl/α,β-unsaturated/α-hetero) is 1. The van der Waals surface area contributed by atoms with Gasteiger partial charge in [0.25, 0.3) is 0 Å². The molecule has 12 heteroatoms. The number of methoxy groups -OCH3 is 1. The third kappa shape index (κ3) is 7.47. The molecule has 1 heterocycles. The number of phosphoric acid groups is 1. The van der Waals surface area contributed by atoms with E-state index >= 15 is 0 Å². The van der Waals surface area contributed by atoms with E-state index in [0.29, 0.717) is 18.1 Å². The van der Waals surface area contributed by atoms with E-state index in [2.05, 4.69) is 9.52 Å². The number of rotatable bonds is 8. The van der Waals surface area contributed by atoms with Gasteiger partial charge in [0, 0.05) is 6.21 Å². The topological polar surface area (TPSA) is 152 Å². The predicted octanol–water partition coefficient (Wildman–Crippen LogP) is 3.49. The van der Waals surface area contributed by atoms with E-state index in [0.717, 1.165) is 12.0 Å². The van der Waals surface area contributed by atoms with Crippen molar-refractivity contribution in [2.24, 2.45) is 4.99 Å². The third-order valence-corrected chi connectivity index (χ3v) is 4.73. The van der Waals surface area contributed by atoms with Crippen LogP contribution >= 0.6 is 7.82 Å². The van der Waals surface area contributed by atoms with Crippen molar-refractivity contribution in [2.75, 3.05) is 20.3 Å². The van der Waals surface area contributed by atoms with Gasteiger partial charge in [0.1, 0.15) is 23.0 Å². The first-order chi connectivity index (χ1) is 15.6. The van der Waals surface area contributed by atoms with Crippen molar-refractivity contribution in [3.63, 3.8) is 0 Å². The van der Waals surface area contributed by atoms with Crippen LogP contribution < -0.4 is 9.47 Å². The fourth-order valence-electron chi connectivity index (χ4n) is 2.80. The molecule has 0 aliphatic carbocycles. The van der Waals surface area contributed by atoms with Crippen molar-refractivity contribution in [3.05, 3.63) is 53.3 Å². The second-order valence-electron chi connectivity index (χ2n) is 6.67. The Balaban J connectivity index is 0.000000365. The van der Waals surface area contributed by atoms with Gasteiger partial charge in [-0.2, -0.15) is 0 Å². The summed E-state index contributed by atoms with van der Waals surface area (Å²) in [7, 11) is -3.03. The number of aliphatic carboxylic acids is 1. The highest BCUT2D eigenvalue weighted by atomic mass is 31.2. The number of carbonyl (C=O) groups is 2. The van der Waals surface area contributed by atoms with E-state index in [-0.39, 0.29) is 17.0 Å². The van der Waals surface area contributed by atoms with Crippen molar-refractivity contribution in [2.45, 2.75) is 19.3 Å². The van der Waals surface area contributed by atoms with Gasteiger partial charge in [0.2, 0.25) is 0 Å². The summed E-state index contributed by atoms with van der Waals surface area (Å²) in [4.78, 5) is 42.5. The Morgan fingerprint density at radius 1 is 1.18 bits per heavy atom. The highest BCUT2D eigenvalue weighted by molar-refractivity contribution is 7.46. The lowest BCUT2D eigenvalue weighted by molar-refractivity contribution is -0.139. The van der Waals surface area contributed by atoms with E-state index in [1.165, 1.54) is 12.1 Å². The molecule has 2 aromatic carbocycles. The van der Waals surface area contributed by atoms with Crippen molar-refractivity contribution >= 4 is 31.5 Å². The zero-order chi connectivity index (χ0) is 24.6. The van der Waals surface area contributed by atoms with Crippen LogP contribution in [0, 0.1) is 5.82 Å². The standard InChI is InChI=1S/C19H18FNO3.C2H5O6P/c1-3-10-24-16-9-8-15(20)17-18(16)21-11-14(19(17)22)12-4-6-13(23-2)7-5-12;3-2(4)1-8-9(5,6)7/h4-9,11,14H,3,10H2,1-2H3;1H2,(H,3,4)(H2,5,6,7). The molecule has 178 valence electrons. The lowest BCUT2D eigenvalue weighted by atomic mass is 9.88. The van der Waals surface area contributed by atoms with Crippen molar-refractivity contribution in [1.82, 2.24) is 0 Å². The first-order valence-corrected chi connectivity index (χ1v) is 11.2. The van der Waals surface area contributed by atoms with Crippen LogP contribution in [0.5, 0.6) is 11.5 Å². The lowest BCUT2D eigenvalue weighted by Crippen LogP contribution is -2.19. The molecule has 0 saturated carbocycles. The summed E-state index contributed by atoms with van der Waals surface area (Å²) in [5, 5.41) is 7.81. The zero-order valence-electron chi connectivity index (χ0n) is 17.8. The Morgan fingerprint density at radius 3 is 2.36 bits per heavy atom. The maximum atomic E-state index is 14.3. The van der Waals surface area contributed by atoms with Gasteiger partial charge in [-0.3, -0.25) is 14.3 Å². The van der Waals surface area contributed by atoms with Gasteiger partial charge in [0.15, 0.2) is 12.4 Å². The molecule has 33 heavy (non-hydrogen) atoms. The second-order valence-corrected chi connectivity index (χ2v) is 7.91. The smallest absolute Gasteiger partial charge is 0.470 e. The largest absolute Gasteiger partial charge is 0.497 e. The molecule has 3 rings (SSSR count). The molecule has 0 radical (unpaired) electrons. The molecule has 0 saturated heterocycles.